The number of halogens is 1. The number of thiophene rings is 1. The highest BCUT2D eigenvalue weighted by Gasteiger charge is 2.25. The van der Waals surface area contributed by atoms with Crippen LogP contribution in [0.4, 0.5) is 0 Å². The van der Waals surface area contributed by atoms with Crippen LogP contribution in [0.15, 0.2) is 33.2 Å². The zero-order valence-corrected chi connectivity index (χ0v) is 20.0. The largest absolute Gasteiger partial charge is 0.443 e. The predicted octanol–water partition coefficient (Wildman–Crippen LogP) is 2.16. The van der Waals surface area contributed by atoms with Crippen molar-refractivity contribution in [3.05, 3.63) is 29.5 Å². The third-order valence-corrected chi connectivity index (χ3v) is 5.19. The molecule has 2 aromatic rings. The van der Waals surface area contributed by atoms with Crippen molar-refractivity contribution in [2.75, 3.05) is 45.9 Å². The zero-order valence-electron chi connectivity index (χ0n) is 16.9. The Kier molecular flexibility index (Phi) is 9.83. The topological polar surface area (TPSA) is 95.2 Å². The lowest BCUT2D eigenvalue weighted by molar-refractivity contribution is -0.0201. The number of rotatable bonds is 8. The molecule has 3 N–H and O–H groups in total. The minimum atomic E-state index is -0.867. The number of ether oxygens (including phenoxy) is 1. The molecule has 1 unspecified atom stereocenters. The van der Waals surface area contributed by atoms with Crippen LogP contribution >= 0.6 is 35.3 Å². The van der Waals surface area contributed by atoms with Crippen molar-refractivity contribution in [3.8, 4) is 10.8 Å². The van der Waals surface area contributed by atoms with Gasteiger partial charge < -0.3 is 24.9 Å². The van der Waals surface area contributed by atoms with E-state index in [1.807, 2.05) is 31.4 Å². The van der Waals surface area contributed by atoms with Crippen molar-refractivity contribution in [3.63, 3.8) is 0 Å². The van der Waals surface area contributed by atoms with Gasteiger partial charge in [0.1, 0.15) is 12.0 Å². The number of aliphatic hydroxyl groups is 1. The van der Waals surface area contributed by atoms with Crippen LogP contribution in [0.1, 0.15) is 19.5 Å². The third-order valence-electron chi connectivity index (χ3n) is 4.33. The van der Waals surface area contributed by atoms with Crippen molar-refractivity contribution in [1.29, 1.82) is 0 Å². The highest BCUT2D eigenvalue weighted by Crippen LogP contribution is 2.23. The maximum absolute atomic E-state index is 10.7. The lowest BCUT2D eigenvalue weighted by Crippen LogP contribution is -2.52. The molecule has 0 spiro atoms. The van der Waals surface area contributed by atoms with Crippen LogP contribution < -0.4 is 10.6 Å². The molecule has 0 radical (unpaired) electrons. The second-order valence-electron chi connectivity index (χ2n) is 7.06. The van der Waals surface area contributed by atoms with E-state index in [-0.39, 0.29) is 24.0 Å². The van der Waals surface area contributed by atoms with Crippen molar-refractivity contribution < 1.29 is 14.3 Å². The van der Waals surface area contributed by atoms with E-state index in [9.17, 15) is 5.11 Å². The average molecular weight is 535 g/mol. The van der Waals surface area contributed by atoms with Crippen LogP contribution in [0.5, 0.6) is 0 Å². The van der Waals surface area contributed by atoms with Gasteiger partial charge in [-0.25, -0.2) is 9.98 Å². The normalized spacial score (nSPS) is 17.4. The number of nitrogens with zero attached hydrogens (tertiary/aromatic N) is 3. The molecule has 0 saturated carbocycles. The van der Waals surface area contributed by atoms with E-state index >= 15 is 0 Å². The van der Waals surface area contributed by atoms with E-state index in [1.54, 1.807) is 17.6 Å². The molecule has 0 aliphatic carbocycles. The minimum absolute atomic E-state index is 0. The quantitative estimate of drug-likeness (QED) is 0.271. The van der Waals surface area contributed by atoms with E-state index in [4.69, 9.17) is 9.15 Å². The van der Waals surface area contributed by atoms with Gasteiger partial charge >= 0.3 is 0 Å². The van der Waals surface area contributed by atoms with Crippen LogP contribution in [0.3, 0.4) is 0 Å². The first-order valence-corrected chi connectivity index (χ1v) is 10.5. The molecule has 8 nitrogen and oxygen atoms in total. The molecule has 0 amide bonds. The number of hydrogen-bond acceptors (Lipinski definition) is 7. The van der Waals surface area contributed by atoms with Crippen LogP contribution in [0.2, 0.25) is 0 Å². The van der Waals surface area contributed by atoms with Gasteiger partial charge in [0, 0.05) is 32.7 Å². The van der Waals surface area contributed by atoms with Crippen molar-refractivity contribution in [2.24, 2.45) is 4.99 Å². The summed E-state index contributed by atoms with van der Waals surface area (Å²) in [4.78, 5) is 12.3. The van der Waals surface area contributed by atoms with Crippen LogP contribution in [-0.2, 0) is 11.3 Å². The van der Waals surface area contributed by atoms with E-state index in [1.165, 1.54) is 0 Å². The number of hydrogen-bond donors (Lipinski definition) is 3. The highest BCUT2D eigenvalue weighted by atomic mass is 127. The molecule has 3 rings (SSSR count). The van der Waals surface area contributed by atoms with Gasteiger partial charge in [-0.1, -0.05) is 6.07 Å². The maximum Gasteiger partial charge on any atom is 0.236 e. The molecule has 2 aromatic heterocycles. The van der Waals surface area contributed by atoms with Gasteiger partial charge in [0.15, 0.2) is 5.96 Å². The van der Waals surface area contributed by atoms with Gasteiger partial charge in [0.05, 0.1) is 30.2 Å². The SMILES string of the molecule is CCNC(=NCc1coc(-c2cccs2)n1)NCC(C)(O)CN1CCOCC1.I. The molecule has 1 atom stereocenters. The number of guanidine groups is 1. The third kappa shape index (κ3) is 7.85. The molecule has 162 valence electrons. The molecule has 10 heteroatoms. The molecule has 3 heterocycles. The Bertz CT molecular complexity index is 745. The van der Waals surface area contributed by atoms with E-state index < -0.39 is 5.60 Å². The summed E-state index contributed by atoms with van der Waals surface area (Å²) in [6.45, 7) is 9.11. The molecule has 1 aliphatic rings. The molecule has 1 aliphatic heterocycles. The van der Waals surface area contributed by atoms with Gasteiger partial charge in [0.25, 0.3) is 0 Å². The summed E-state index contributed by atoms with van der Waals surface area (Å²) in [7, 11) is 0. The fourth-order valence-corrected chi connectivity index (χ4v) is 3.62. The first-order chi connectivity index (χ1) is 13.6. The van der Waals surface area contributed by atoms with Gasteiger partial charge in [-0.15, -0.1) is 35.3 Å². The van der Waals surface area contributed by atoms with Crippen LogP contribution in [-0.4, -0.2) is 72.5 Å². The van der Waals surface area contributed by atoms with Crippen LogP contribution in [0.25, 0.3) is 10.8 Å². The van der Waals surface area contributed by atoms with Gasteiger partial charge in [-0.05, 0) is 25.3 Å². The lowest BCUT2D eigenvalue weighted by atomic mass is 10.1. The van der Waals surface area contributed by atoms with Crippen molar-refractivity contribution in [2.45, 2.75) is 26.0 Å². The number of oxazole rings is 1. The summed E-state index contributed by atoms with van der Waals surface area (Å²) in [5, 5.41) is 19.1. The van der Waals surface area contributed by atoms with Crippen molar-refractivity contribution in [1.82, 2.24) is 20.5 Å². The van der Waals surface area contributed by atoms with E-state index in [2.05, 4.69) is 25.5 Å². The summed E-state index contributed by atoms with van der Waals surface area (Å²) < 4.78 is 10.9. The summed E-state index contributed by atoms with van der Waals surface area (Å²) in [5.74, 6) is 1.26. The second-order valence-corrected chi connectivity index (χ2v) is 8.00. The molecular weight excluding hydrogens is 505 g/mol. The number of aliphatic imine (C=N–C) groups is 1. The Labute approximate surface area is 192 Å². The second kappa shape index (κ2) is 11.8. The number of β-amino-alcohol motifs (C(OH)–C–C–N with tert-alkyl or cyclic N) is 1. The first-order valence-electron chi connectivity index (χ1n) is 9.59. The highest BCUT2D eigenvalue weighted by molar-refractivity contribution is 14.0. The molecule has 0 aromatic carbocycles. The van der Waals surface area contributed by atoms with E-state index in [0.29, 0.717) is 31.5 Å². The minimum Gasteiger partial charge on any atom is -0.443 e. The Morgan fingerprint density at radius 3 is 2.86 bits per heavy atom. The fraction of sp³-hybridized carbons (Fsp3) is 0.579. The molecule has 29 heavy (non-hydrogen) atoms. The predicted molar refractivity (Wildman–Crippen MR) is 126 cm³/mol. The summed E-state index contributed by atoms with van der Waals surface area (Å²) >= 11 is 1.59. The fourth-order valence-electron chi connectivity index (χ4n) is 2.97. The monoisotopic (exact) mass is 535 g/mol. The smallest absolute Gasteiger partial charge is 0.236 e. The molecule has 1 fully saturated rings. The Morgan fingerprint density at radius 2 is 2.17 bits per heavy atom. The standard InChI is InChI=1S/C19H29N5O3S.HI/c1-3-20-18(22-13-19(2,25)14-24-6-8-26-9-7-24)21-11-15-12-27-17(23-15)16-5-4-10-28-16;/h4-5,10,12,25H,3,6-9,11,13-14H2,1-2H3,(H2,20,21,22);1H. The molecule has 1 saturated heterocycles. The zero-order chi connectivity index (χ0) is 19.8. The average Bonchev–Trinajstić information content (AvgIpc) is 3.36. The van der Waals surface area contributed by atoms with Gasteiger partial charge in [-0.3, -0.25) is 4.90 Å². The Morgan fingerprint density at radius 1 is 1.38 bits per heavy atom. The summed E-state index contributed by atoms with van der Waals surface area (Å²) in [6, 6.07) is 3.95. The Balaban J connectivity index is 0.00000300. The Hall–Kier alpha value is -1.21. The molecule has 0 bridgehead atoms. The molecular formula is C19H30IN5O3S. The van der Waals surface area contributed by atoms with Gasteiger partial charge in [0.2, 0.25) is 5.89 Å². The summed E-state index contributed by atoms with van der Waals surface area (Å²) in [6.07, 6.45) is 1.64. The number of aromatic nitrogens is 1. The summed E-state index contributed by atoms with van der Waals surface area (Å²) in [5.41, 5.74) is -0.103. The maximum atomic E-state index is 10.7. The van der Waals surface area contributed by atoms with Gasteiger partial charge in [-0.2, -0.15) is 0 Å². The number of morpholine rings is 1. The lowest BCUT2D eigenvalue weighted by Gasteiger charge is -2.34. The number of nitrogens with one attached hydrogen (secondary N) is 2. The van der Waals surface area contributed by atoms with Crippen molar-refractivity contribution >= 4 is 41.3 Å². The first kappa shape index (κ1) is 24.1. The van der Waals surface area contributed by atoms with E-state index in [0.717, 1.165) is 43.4 Å². The van der Waals surface area contributed by atoms with Crippen LogP contribution in [0, 0.1) is 0 Å².